The van der Waals surface area contributed by atoms with Gasteiger partial charge in [0.05, 0.1) is 16.7 Å². The summed E-state index contributed by atoms with van der Waals surface area (Å²) in [6, 6.07) is 64.4. The fourth-order valence-electron chi connectivity index (χ4n) is 9.26. The predicted molar refractivity (Wildman–Crippen MR) is 252 cm³/mol. The van der Waals surface area contributed by atoms with Gasteiger partial charge in [0.25, 0.3) is 6.33 Å². The molecule has 0 aliphatic carbocycles. The van der Waals surface area contributed by atoms with E-state index in [4.69, 9.17) is 14.7 Å². The largest absolute Gasteiger partial charge is 0.510 e. The number of ether oxygens (including phenoxy) is 1. The van der Waals surface area contributed by atoms with Crippen LogP contribution in [0.5, 0.6) is 11.5 Å². The summed E-state index contributed by atoms with van der Waals surface area (Å²) in [6.45, 7) is 6.67. The van der Waals surface area contributed by atoms with E-state index in [-0.39, 0.29) is 26.5 Å². The maximum absolute atomic E-state index is 6.68. The first-order chi connectivity index (χ1) is 30.9. The Kier molecular flexibility index (Phi) is 9.52. The summed E-state index contributed by atoms with van der Waals surface area (Å²) in [4.78, 5) is 9.73. The van der Waals surface area contributed by atoms with E-state index in [1.807, 2.05) is 42.9 Å². The zero-order chi connectivity index (χ0) is 42.2. The van der Waals surface area contributed by atoms with E-state index in [0.717, 1.165) is 94.5 Å². The van der Waals surface area contributed by atoms with Gasteiger partial charge < -0.3 is 13.9 Å². The number of hydrogen-bond acceptors (Lipinski definition) is 3. The molecule has 0 atom stereocenters. The monoisotopic (exact) mass is 1000 g/mol. The Labute approximate surface area is 386 Å². The van der Waals surface area contributed by atoms with Crippen LogP contribution in [-0.4, -0.2) is 19.1 Å². The van der Waals surface area contributed by atoms with Gasteiger partial charge in [-0.1, -0.05) is 142 Å². The third-order valence-electron chi connectivity index (χ3n) is 12.2. The molecule has 7 aromatic carbocycles. The maximum Gasteiger partial charge on any atom is 0.268 e. The van der Waals surface area contributed by atoms with Crippen LogP contribution in [0.3, 0.4) is 0 Å². The molecule has 1 aliphatic heterocycles. The molecule has 6 nitrogen and oxygen atoms in total. The molecule has 0 saturated carbocycles. The fourth-order valence-corrected chi connectivity index (χ4v) is 9.26. The molecule has 0 saturated heterocycles. The van der Waals surface area contributed by atoms with Crippen molar-refractivity contribution in [2.75, 3.05) is 0 Å². The van der Waals surface area contributed by atoms with Crippen molar-refractivity contribution in [2.45, 2.75) is 26.2 Å². The third kappa shape index (κ3) is 6.40. The quantitative estimate of drug-likeness (QED) is 0.127. The Morgan fingerprint density at radius 3 is 1.98 bits per heavy atom. The zero-order valence-electron chi connectivity index (χ0n) is 35.3. The Bertz CT molecular complexity index is 3600. The van der Waals surface area contributed by atoms with Crippen molar-refractivity contribution in [3.63, 3.8) is 0 Å². The number of benzene rings is 7. The van der Waals surface area contributed by atoms with Crippen LogP contribution in [0.1, 0.15) is 26.3 Å². The summed E-state index contributed by atoms with van der Waals surface area (Å²) in [5.74, 6) is 1.99. The van der Waals surface area contributed by atoms with Crippen molar-refractivity contribution in [3.05, 3.63) is 206 Å². The smallest absolute Gasteiger partial charge is 0.268 e. The third-order valence-corrected chi connectivity index (χ3v) is 12.2. The van der Waals surface area contributed by atoms with Crippen LogP contribution in [0.15, 0.2) is 182 Å². The number of rotatable bonds is 5. The van der Waals surface area contributed by atoms with Crippen molar-refractivity contribution < 1.29 is 30.4 Å². The van der Waals surface area contributed by atoms with Crippen molar-refractivity contribution in [2.24, 2.45) is 0 Å². The Balaban J connectivity index is 0.00000456. The van der Waals surface area contributed by atoms with E-state index >= 15 is 0 Å². The summed E-state index contributed by atoms with van der Waals surface area (Å²) >= 11 is 0. The zero-order valence-corrected chi connectivity index (χ0v) is 37.6. The normalized spacial score (nSPS) is 11.9. The minimum Gasteiger partial charge on any atom is -0.510 e. The maximum atomic E-state index is 6.68. The molecule has 0 unspecified atom stereocenters. The van der Waals surface area contributed by atoms with Crippen LogP contribution in [0.4, 0.5) is 0 Å². The molecule has 7 heteroatoms. The molecule has 0 amide bonds. The second-order valence-electron chi connectivity index (χ2n) is 17.1. The van der Waals surface area contributed by atoms with Gasteiger partial charge in [0, 0.05) is 67.8 Å². The van der Waals surface area contributed by atoms with Crippen molar-refractivity contribution in [1.29, 1.82) is 0 Å². The molecular formula is C57H39N5OPt-2. The van der Waals surface area contributed by atoms with Crippen LogP contribution in [0.25, 0.3) is 94.5 Å². The van der Waals surface area contributed by atoms with E-state index in [2.05, 4.69) is 192 Å². The molecule has 5 heterocycles. The van der Waals surface area contributed by atoms with E-state index in [0.29, 0.717) is 11.5 Å². The van der Waals surface area contributed by atoms with Crippen LogP contribution >= 0.6 is 0 Å². The molecule has 0 spiro atoms. The molecule has 12 rings (SSSR count). The summed E-state index contributed by atoms with van der Waals surface area (Å²) < 4.78 is 13.2. The molecule has 0 bridgehead atoms. The average Bonchev–Trinajstić information content (AvgIpc) is 3.88. The van der Waals surface area contributed by atoms with Crippen molar-refractivity contribution in [3.8, 4) is 73.2 Å². The SMILES string of the molecule is CC(C)(C)c1ccnc(-n2c3[c-]c(Oc4[c-]c(-n5[c-][n+]6c7c(cccc75)-c5ccccc5-c5ccccc5-c5cncc(-c7ccccc7)c5-6)ccc4)ccc3c3ccccc32)c1.[Pt]. The van der Waals surface area contributed by atoms with Gasteiger partial charge in [0.1, 0.15) is 5.82 Å². The number of hydrogen-bond donors (Lipinski definition) is 0. The molecule has 310 valence electrons. The molecular weight excluding hydrogens is 966 g/mol. The Morgan fingerprint density at radius 2 is 1.20 bits per heavy atom. The number of pyridine rings is 2. The molecule has 0 N–H and O–H groups in total. The first kappa shape index (κ1) is 39.4. The van der Waals surface area contributed by atoms with Gasteiger partial charge in [-0.2, -0.15) is 18.2 Å². The van der Waals surface area contributed by atoms with E-state index < -0.39 is 0 Å². The minimum absolute atomic E-state index is 0. The van der Waals surface area contributed by atoms with E-state index in [1.54, 1.807) is 0 Å². The van der Waals surface area contributed by atoms with Gasteiger partial charge in [-0.3, -0.25) is 9.55 Å². The first-order valence-corrected chi connectivity index (χ1v) is 21.2. The Hall–Kier alpha value is -7.40. The van der Waals surface area contributed by atoms with Crippen LogP contribution in [0, 0.1) is 18.5 Å². The minimum atomic E-state index is -0.0330. The molecule has 0 fully saturated rings. The summed E-state index contributed by atoms with van der Waals surface area (Å²) in [7, 11) is 0. The number of aromatic nitrogens is 5. The second kappa shape index (κ2) is 15.4. The number of para-hydroxylation sites is 2. The first-order valence-electron chi connectivity index (χ1n) is 21.2. The summed E-state index contributed by atoms with van der Waals surface area (Å²) in [5, 5.41) is 2.21. The van der Waals surface area contributed by atoms with Gasteiger partial charge in [-0.05, 0) is 73.6 Å². The van der Waals surface area contributed by atoms with Crippen LogP contribution < -0.4 is 9.30 Å². The summed E-state index contributed by atoms with van der Waals surface area (Å²) in [5.41, 5.74) is 15.7. The fraction of sp³-hybridized carbons (Fsp3) is 0.0702. The van der Waals surface area contributed by atoms with Gasteiger partial charge >= 0.3 is 0 Å². The van der Waals surface area contributed by atoms with E-state index in [9.17, 15) is 0 Å². The predicted octanol–water partition coefficient (Wildman–Crippen LogP) is 13.3. The second-order valence-corrected chi connectivity index (χ2v) is 17.1. The van der Waals surface area contributed by atoms with Gasteiger partial charge in [0.2, 0.25) is 0 Å². The molecule has 11 aromatic rings. The molecule has 4 aromatic heterocycles. The average molecular weight is 1010 g/mol. The topological polar surface area (TPSA) is 48.8 Å². The van der Waals surface area contributed by atoms with E-state index in [1.165, 1.54) is 5.56 Å². The molecule has 64 heavy (non-hydrogen) atoms. The van der Waals surface area contributed by atoms with Crippen LogP contribution in [-0.2, 0) is 26.5 Å². The number of imidazole rings is 1. The number of nitrogens with zero attached hydrogens (tertiary/aromatic N) is 5. The summed E-state index contributed by atoms with van der Waals surface area (Å²) in [6.07, 6.45) is 9.70. The van der Waals surface area contributed by atoms with Gasteiger partial charge in [-0.15, -0.1) is 29.7 Å². The Morgan fingerprint density at radius 1 is 0.562 bits per heavy atom. The standard InChI is InChI=1S/C57H39N5O.Pt/c1-57(2,3)38-29-30-59-54(31-38)62-51-25-12-11-23-46(51)47-28-27-41(33-53(47)62)63-40-18-13-17-39(32-40)60-36-61-55-49(37-15-5-4-6-16-37)34-58-35-50(55)45-22-10-8-20-43(45)42-19-7-9-21-44(42)48-24-14-26-52(60)56(48)61;/h4-31,34-35H,1-3H3;/q-2;. The van der Waals surface area contributed by atoms with Crippen molar-refractivity contribution in [1.82, 2.24) is 19.1 Å². The van der Waals surface area contributed by atoms with Crippen molar-refractivity contribution >= 4 is 32.8 Å². The van der Waals surface area contributed by atoms with Gasteiger partial charge in [-0.25, -0.2) is 4.98 Å². The molecule has 0 radical (unpaired) electrons. The van der Waals surface area contributed by atoms with Crippen LogP contribution in [0.2, 0.25) is 0 Å². The van der Waals surface area contributed by atoms with Gasteiger partial charge in [0.15, 0.2) is 0 Å². The molecule has 1 aliphatic rings. The number of fused-ring (bicyclic) bond motifs is 10.